The first-order valence-corrected chi connectivity index (χ1v) is 6.78. The van der Waals surface area contributed by atoms with E-state index >= 15 is 0 Å². The Balaban J connectivity index is 2.12. The van der Waals surface area contributed by atoms with Crippen molar-refractivity contribution in [3.8, 4) is 0 Å². The summed E-state index contributed by atoms with van der Waals surface area (Å²) in [7, 11) is 0. The van der Waals surface area contributed by atoms with Gasteiger partial charge in [-0.15, -0.1) is 0 Å². The molecule has 2 heterocycles. The molecule has 1 atom stereocenters. The van der Waals surface area contributed by atoms with Crippen molar-refractivity contribution in [2.75, 3.05) is 18.4 Å². The fourth-order valence-corrected chi connectivity index (χ4v) is 2.38. The van der Waals surface area contributed by atoms with Gasteiger partial charge in [0.1, 0.15) is 0 Å². The van der Waals surface area contributed by atoms with Gasteiger partial charge in [0.2, 0.25) is 5.91 Å². The highest BCUT2D eigenvalue weighted by molar-refractivity contribution is 5.95. The van der Waals surface area contributed by atoms with E-state index in [1.165, 1.54) is 6.07 Å². The monoisotopic (exact) mass is 263 g/mol. The van der Waals surface area contributed by atoms with E-state index in [2.05, 4.69) is 10.6 Å². The molecule has 0 aliphatic carbocycles. The molecular formula is C14H21N3O2. The Morgan fingerprint density at radius 2 is 2.32 bits per heavy atom. The van der Waals surface area contributed by atoms with Gasteiger partial charge in [-0.1, -0.05) is 0 Å². The van der Waals surface area contributed by atoms with E-state index in [-0.39, 0.29) is 16.9 Å². The molecule has 19 heavy (non-hydrogen) atoms. The summed E-state index contributed by atoms with van der Waals surface area (Å²) in [6, 6.07) is 3.15. The number of pyridine rings is 1. The molecule has 0 spiro atoms. The summed E-state index contributed by atoms with van der Waals surface area (Å²) in [5.41, 5.74) is 0.259. The summed E-state index contributed by atoms with van der Waals surface area (Å²) in [4.78, 5) is 23.8. The Hall–Kier alpha value is -1.62. The molecule has 1 fully saturated rings. The molecular weight excluding hydrogens is 242 g/mol. The fourth-order valence-electron chi connectivity index (χ4n) is 2.38. The Morgan fingerprint density at radius 1 is 1.53 bits per heavy atom. The minimum atomic E-state index is -0.370. The maximum atomic E-state index is 12.3. The van der Waals surface area contributed by atoms with Crippen molar-refractivity contribution in [1.29, 1.82) is 0 Å². The zero-order chi connectivity index (χ0) is 13.9. The first-order valence-electron chi connectivity index (χ1n) is 6.78. The average Bonchev–Trinajstić information content (AvgIpc) is 2.41. The number of hydrogen-bond acceptors (Lipinski definition) is 3. The first kappa shape index (κ1) is 13.8. The average molecular weight is 263 g/mol. The van der Waals surface area contributed by atoms with Crippen molar-refractivity contribution < 1.29 is 4.79 Å². The number of amides is 1. The van der Waals surface area contributed by atoms with Gasteiger partial charge in [-0.3, -0.25) is 9.59 Å². The lowest BCUT2D eigenvalue weighted by Gasteiger charge is -2.32. The molecule has 1 aliphatic heterocycles. The lowest BCUT2D eigenvalue weighted by molar-refractivity contribution is -0.125. The smallest absolute Gasteiger partial charge is 0.250 e. The number of nitrogens with zero attached hydrogens (tertiary/aromatic N) is 1. The number of piperidine rings is 1. The van der Waals surface area contributed by atoms with Gasteiger partial charge >= 0.3 is 0 Å². The third kappa shape index (κ3) is 3.04. The zero-order valence-electron chi connectivity index (χ0n) is 11.5. The lowest BCUT2D eigenvalue weighted by atomic mass is 9.82. The largest absolute Gasteiger partial charge is 0.324 e. The SMILES string of the molecule is CCn1cc(NC(=O)C2(C)CCCNC2)ccc1=O. The van der Waals surface area contributed by atoms with Crippen molar-refractivity contribution >= 4 is 11.6 Å². The number of carbonyl (C=O) groups excluding carboxylic acids is 1. The van der Waals surface area contributed by atoms with E-state index in [0.717, 1.165) is 19.4 Å². The maximum absolute atomic E-state index is 12.3. The van der Waals surface area contributed by atoms with Crippen LogP contribution in [-0.4, -0.2) is 23.6 Å². The molecule has 0 radical (unpaired) electrons. The highest BCUT2D eigenvalue weighted by Gasteiger charge is 2.34. The molecule has 2 N–H and O–H groups in total. The van der Waals surface area contributed by atoms with E-state index in [4.69, 9.17) is 0 Å². The van der Waals surface area contributed by atoms with E-state index in [1.807, 2.05) is 13.8 Å². The van der Waals surface area contributed by atoms with Crippen LogP contribution >= 0.6 is 0 Å². The zero-order valence-corrected chi connectivity index (χ0v) is 11.5. The van der Waals surface area contributed by atoms with Crippen molar-refractivity contribution in [2.24, 2.45) is 5.41 Å². The number of nitrogens with one attached hydrogen (secondary N) is 2. The van der Waals surface area contributed by atoms with Crippen LogP contribution in [0.15, 0.2) is 23.1 Å². The third-order valence-electron chi connectivity index (χ3n) is 3.73. The van der Waals surface area contributed by atoms with Gasteiger partial charge in [-0.05, 0) is 39.3 Å². The summed E-state index contributed by atoms with van der Waals surface area (Å²) < 4.78 is 1.58. The predicted octanol–water partition coefficient (Wildman–Crippen LogP) is 1.20. The predicted molar refractivity (Wildman–Crippen MR) is 75.2 cm³/mol. The number of anilines is 1. The minimum absolute atomic E-state index is 0.0148. The van der Waals surface area contributed by atoms with Crippen LogP contribution in [0, 0.1) is 5.41 Å². The normalized spacial score (nSPS) is 23.1. The topological polar surface area (TPSA) is 63.1 Å². The van der Waals surface area contributed by atoms with Gasteiger partial charge in [0.15, 0.2) is 0 Å². The second-order valence-electron chi connectivity index (χ2n) is 5.34. The van der Waals surface area contributed by atoms with Crippen molar-refractivity contribution in [2.45, 2.75) is 33.2 Å². The molecule has 1 aliphatic rings. The standard InChI is InChI=1S/C14H21N3O2/c1-3-17-9-11(5-6-12(17)18)16-13(19)14(2)7-4-8-15-10-14/h5-6,9,15H,3-4,7-8,10H2,1-2H3,(H,16,19). The number of aryl methyl sites for hydroxylation is 1. The van der Waals surface area contributed by atoms with Crippen LogP contribution in [0.25, 0.3) is 0 Å². The van der Waals surface area contributed by atoms with Crippen LogP contribution in [0.2, 0.25) is 0 Å². The molecule has 0 saturated carbocycles. The van der Waals surface area contributed by atoms with Crippen LogP contribution in [0.5, 0.6) is 0 Å². The number of carbonyl (C=O) groups is 1. The Kier molecular flexibility index (Phi) is 4.04. The van der Waals surface area contributed by atoms with Crippen LogP contribution in [0.1, 0.15) is 26.7 Å². The second kappa shape index (κ2) is 5.57. The molecule has 104 valence electrons. The van der Waals surface area contributed by atoms with Crippen molar-refractivity contribution in [1.82, 2.24) is 9.88 Å². The molecule has 1 unspecified atom stereocenters. The van der Waals surface area contributed by atoms with Gasteiger partial charge < -0.3 is 15.2 Å². The second-order valence-corrected chi connectivity index (χ2v) is 5.34. The van der Waals surface area contributed by atoms with Crippen LogP contribution in [-0.2, 0) is 11.3 Å². The first-order chi connectivity index (χ1) is 9.05. The van der Waals surface area contributed by atoms with Crippen molar-refractivity contribution in [3.05, 3.63) is 28.7 Å². The van der Waals surface area contributed by atoms with Gasteiger partial charge in [0.05, 0.1) is 11.1 Å². The van der Waals surface area contributed by atoms with Gasteiger partial charge in [0.25, 0.3) is 5.56 Å². The number of aromatic nitrogens is 1. The van der Waals surface area contributed by atoms with Gasteiger partial charge in [-0.25, -0.2) is 0 Å². The lowest BCUT2D eigenvalue weighted by Crippen LogP contribution is -2.46. The van der Waals surface area contributed by atoms with Crippen molar-refractivity contribution in [3.63, 3.8) is 0 Å². The fraction of sp³-hybridized carbons (Fsp3) is 0.571. The Bertz CT molecular complexity index is 516. The van der Waals surface area contributed by atoms with Crippen LogP contribution in [0.4, 0.5) is 5.69 Å². The summed E-state index contributed by atoms with van der Waals surface area (Å²) in [6.45, 7) is 6.15. The molecule has 5 nitrogen and oxygen atoms in total. The van der Waals surface area contributed by atoms with E-state index in [1.54, 1.807) is 16.8 Å². The molecule has 0 bridgehead atoms. The summed E-state index contributed by atoms with van der Waals surface area (Å²) >= 11 is 0. The maximum Gasteiger partial charge on any atom is 0.250 e. The highest BCUT2D eigenvalue weighted by atomic mass is 16.2. The molecule has 1 aromatic rings. The van der Waals surface area contributed by atoms with Crippen LogP contribution in [0.3, 0.4) is 0 Å². The minimum Gasteiger partial charge on any atom is -0.324 e. The molecule has 1 saturated heterocycles. The number of rotatable bonds is 3. The molecule has 0 aromatic carbocycles. The van der Waals surface area contributed by atoms with E-state index in [0.29, 0.717) is 18.8 Å². The van der Waals surface area contributed by atoms with Crippen LogP contribution < -0.4 is 16.2 Å². The number of hydrogen-bond donors (Lipinski definition) is 2. The third-order valence-corrected chi connectivity index (χ3v) is 3.73. The van der Waals surface area contributed by atoms with E-state index < -0.39 is 0 Å². The Labute approximate surface area is 113 Å². The van der Waals surface area contributed by atoms with Gasteiger partial charge in [-0.2, -0.15) is 0 Å². The molecule has 5 heteroatoms. The molecule has 2 rings (SSSR count). The summed E-state index contributed by atoms with van der Waals surface area (Å²) in [5.74, 6) is 0.0148. The highest BCUT2D eigenvalue weighted by Crippen LogP contribution is 2.26. The summed E-state index contributed by atoms with van der Waals surface area (Å²) in [5, 5.41) is 6.17. The van der Waals surface area contributed by atoms with E-state index in [9.17, 15) is 9.59 Å². The van der Waals surface area contributed by atoms with Gasteiger partial charge in [0, 0.05) is 25.4 Å². The molecule has 1 amide bonds. The Morgan fingerprint density at radius 3 is 2.95 bits per heavy atom. The quantitative estimate of drug-likeness (QED) is 0.861. The molecule has 1 aromatic heterocycles. The summed E-state index contributed by atoms with van der Waals surface area (Å²) in [6.07, 6.45) is 3.59.